The van der Waals surface area contributed by atoms with E-state index in [-0.39, 0.29) is 5.41 Å². The summed E-state index contributed by atoms with van der Waals surface area (Å²) in [6.45, 7) is 10.9. The lowest BCUT2D eigenvalue weighted by Crippen LogP contribution is -2.34. The Kier molecular flexibility index (Phi) is 5.55. The number of benzene rings is 1. The average Bonchev–Trinajstić information content (AvgIpc) is 2.28. The van der Waals surface area contributed by atoms with Crippen LogP contribution in [0.1, 0.15) is 36.1 Å². The van der Waals surface area contributed by atoms with E-state index < -0.39 is 0 Å². The maximum atomic E-state index is 6.22. The van der Waals surface area contributed by atoms with Gasteiger partial charge >= 0.3 is 0 Å². The van der Waals surface area contributed by atoms with Crippen LogP contribution in [-0.4, -0.2) is 11.8 Å². The van der Waals surface area contributed by atoms with Crippen LogP contribution >= 0.6 is 23.2 Å². The summed E-state index contributed by atoms with van der Waals surface area (Å²) in [6, 6.07) is 4.49. The average molecular weight is 287 g/mol. The molecule has 0 aliphatic carbocycles. The standard InChI is InChI=1S/C16H24Cl2/c1-11(2)16(9-17,10-18)8-15-13(4)6-12(3)7-14(15)5/h6-7,11H,8-10H2,1-5H3. The van der Waals surface area contributed by atoms with Gasteiger partial charge in [0.2, 0.25) is 0 Å². The molecule has 1 aromatic rings. The van der Waals surface area contributed by atoms with E-state index >= 15 is 0 Å². The highest BCUT2D eigenvalue weighted by atomic mass is 35.5. The SMILES string of the molecule is Cc1cc(C)c(CC(CCl)(CCl)C(C)C)c(C)c1. The normalized spacial score (nSPS) is 12.2. The van der Waals surface area contributed by atoms with Gasteiger partial charge in [-0.3, -0.25) is 0 Å². The number of halogens is 2. The van der Waals surface area contributed by atoms with Crippen LogP contribution in [0.2, 0.25) is 0 Å². The van der Waals surface area contributed by atoms with Crippen molar-refractivity contribution < 1.29 is 0 Å². The zero-order valence-electron chi connectivity index (χ0n) is 12.1. The minimum atomic E-state index is -0.00606. The molecule has 0 bridgehead atoms. The Hall–Kier alpha value is -0.200. The van der Waals surface area contributed by atoms with Crippen LogP contribution in [0.25, 0.3) is 0 Å². The Bertz CT molecular complexity index is 381. The molecule has 102 valence electrons. The van der Waals surface area contributed by atoms with Gasteiger partial charge in [-0.25, -0.2) is 0 Å². The second kappa shape index (κ2) is 6.30. The van der Waals surface area contributed by atoms with Crippen molar-refractivity contribution in [3.63, 3.8) is 0 Å². The molecule has 0 heterocycles. The molecule has 0 atom stereocenters. The van der Waals surface area contributed by atoms with Crippen LogP contribution in [0.3, 0.4) is 0 Å². The maximum Gasteiger partial charge on any atom is 0.0297 e. The molecule has 2 heteroatoms. The summed E-state index contributed by atoms with van der Waals surface area (Å²) in [5.41, 5.74) is 5.44. The summed E-state index contributed by atoms with van der Waals surface area (Å²) in [7, 11) is 0. The van der Waals surface area contributed by atoms with Gasteiger partial charge in [0.15, 0.2) is 0 Å². The monoisotopic (exact) mass is 286 g/mol. The molecule has 1 aromatic carbocycles. The van der Waals surface area contributed by atoms with Crippen molar-refractivity contribution in [3.8, 4) is 0 Å². The summed E-state index contributed by atoms with van der Waals surface area (Å²) in [5.74, 6) is 1.70. The Labute approximate surface area is 122 Å². The number of rotatable bonds is 5. The molecule has 0 aliphatic rings. The first-order valence-corrected chi connectivity index (χ1v) is 7.62. The second-order valence-corrected chi connectivity index (χ2v) is 6.37. The Balaban J connectivity index is 3.16. The highest BCUT2D eigenvalue weighted by Gasteiger charge is 2.33. The van der Waals surface area contributed by atoms with Crippen molar-refractivity contribution in [2.45, 2.75) is 41.0 Å². The molecule has 0 fully saturated rings. The predicted molar refractivity (Wildman–Crippen MR) is 83.1 cm³/mol. The number of hydrogen-bond donors (Lipinski definition) is 0. The summed E-state index contributed by atoms with van der Waals surface area (Å²) in [4.78, 5) is 0. The van der Waals surface area contributed by atoms with Crippen LogP contribution < -0.4 is 0 Å². The van der Waals surface area contributed by atoms with E-state index in [0.29, 0.717) is 17.7 Å². The minimum absolute atomic E-state index is 0.00606. The summed E-state index contributed by atoms with van der Waals surface area (Å²) in [6.07, 6.45) is 0.968. The lowest BCUT2D eigenvalue weighted by atomic mass is 9.74. The smallest absolute Gasteiger partial charge is 0.0297 e. The largest absolute Gasteiger partial charge is 0.126 e. The molecule has 0 saturated carbocycles. The van der Waals surface area contributed by atoms with E-state index in [1.165, 1.54) is 22.3 Å². The molecule has 0 aliphatic heterocycles. The van der Waals surface area contributed by atoms with Crippen LogP contribution in [0.15, 0.2) is 12.1 Å². The van der Waals surface area contributed by atoms with E-state index in [1.807, 2.05) is 0 Å². The molecule has 18 heavy (non-hydrogen) atoms. The van der Waals surface area contributed by atoms with Crippen LogP contribution in [0.5, 0.6) is 0 Å². The first kappa shape index (κ1) is 15.9. The number of hydrogen-bond acceptors (Lipinski definition) is 0. The van der Waals surface area contributed by atoms with E-state index in [0.717, 1.165) is 6.42 Å². The first-order chi connectivity index (χ1) is 8.36. The van der Waals surface area contributed by atoms with Gasteiger partial charge in [0.1, 0.15) is 0 Å². The second-order valence-electron chi connectivity index (χ2n) is 5.84. The van der Waals surface area contributed by atoms with Gasteiger partial charge in [-0.05, 0) is 49.8 Å². The fraction of sp³-hybridized carbons (Fsp3) is 0.625. The third-order valence-electron chi connectivity index (χ3n) is 4.13. The highest BCUT2D eigenvalue weighted by Crippen LogP contribution is 2.36. The van der Waals surface area contributed by atoms with E-state index in [9.17, 15) is 0 Å². The van der Waals surface area contributed by atoms with Crippen LogP contribution in [0.4, 0.5) is 0 Å². The molecular formula is C16H24Cl2. The summed E-state index contributed by atoms with van der Waals surface area (Å²) in [5, 5.41) is 0. The van der Waals surface area contributed by atoms with Gasteiger partial charge in [-0.15, -0.1) is 23.2 Å². The van der Waals surface area contributed by atoms with Gasteiger partial charge in [0.25, 0.3) is 0 Å². The molecule has 0 unspecified atom stereocenters. The van der Waals surface area contributed by atoms with Crippen LogP contribution in [0, 0.1) is 32.1 Å². The maximum absolute atomic E-state index is 6.22. The summed E-state index contributed by atoms with van der Waals surface area (Å²) >= 11 is 12.4. The third-order valence-corrected chi connectivity index (χ3v) is 5.19. The zero-order valence-corrected chi connectivity index (χ0v) is 13.6. The summed E-state index contributed by atoms with van der Waals surface area (Å²) < 4.78 is 0. The lowest BCUT2D eigenvalue weighted by Gasteiger charge is -2.35. The first-order valence-electron chi connectivity index (χ1n) is 6.55. The van der Waals surface area contributed by atoms with Crippen molar-refractivity contribution in [3.05, 3.63) is 34.4 Å². The predicted octanol–water partition coefficient (Wildman–Crippen LogP) is 5.27. The van der Waals surface area contributed by atoms with Gasteiger partial charge in [0.05, 0.1) is 0 Å². The van der Waals surface area contributed by atoms with Gasteiger partial charge in [-0.2, -0.15) is 0 Å². The molecule has 0 aromatic heterocycles. The lowest BCUT2D eigenvalue weighted by molar-refractivity contribution is 0.258. The van der Waals surface area contributed by atoms with Gasteiger partial charge in [-0.1, -0.05) is 31.5 Å². The van der Waals surface area contributed by atoms with Crippen molar-refractivity contribution in [2.24, 2.45) is 11.3 Å². The van der Waals surface area contributed by atoms with Gasteiger partial charge < -0.3 is 0 Å². The van der Waals surface area contributed by atoms with E-state index in [2.05, 4.69) is 46.8 Å². The van der Waals surface area contributed by atoms with Gasteiger partial charge in [0, 0.05) is 17.2 Å². The Morgan fingerprint density at radius 1 is 1.00 bits per heavy atom. The zero-order chi connectivity index (χ0) is 13.9. The highest BCUT2D eigenvalue weighted by molar-refractivity contribution is 6.21. The fourth-order valence-electron chi connectivity index (χ4n) is 2.48. The van der Waals surface area contributed by atoms with Crippen LogP contribution in [-0.2, 0) is 6.42 Å². The van der Waals surface area contributed by atoms with Crippen molar-refractivity contribution in [1.82, 2.24) is 0 Å². The minimum Gasteiger partial charge on any atom is -0.126 e. The molecule has 0 spiro atoms. The number of aryl methyl sites for hydroxylation is 3. The molecule has 0 amide bonds. The quantitative estimate of drug-likeness (QED) is 0.647. The Morgan fingerprint density at radius 2 is 1.44 bits per heavy atom. The topological polar surface area (TPSA) is 0 Å². The number of alkyl halides is 2. The molecule has 0 N–H and O–H groups in total. The third kappa shape index (κ3) is 3.22. The van der Waals surface area contributed by atoms with E-state index in [4.69, 9.17) is 23.2 Å². The molecule has 1 rings (SSSR count). The molecule has 0 radical (unpaired) electrons. The van der Waals surface area contributed by atoms with Crippen molar-refractivity contribution in [1.29, 1.82) is 0 Å². The molecule has 0 nitrogen and oxygen atoms in total. The molecular weight excluding hydrogens is 263 g/mol. The fourth-order valence-corrected chi connectivity index (χ4v) is 3.58. The Morgan fingerprint density at radius 3 is 1.78 bits per heavy atom. The van der Waals surface area contributed by atoms with Crippen molar-refractivity contribution >= 4 is 23.2 Å². The molecule has 0 saturated heterocycles. The van der Waals surface area contributed by atoms with E-state index in [1.54, 1.807) is 0 Å². The van der Waals surface area contributed by atoms with Crippen molar-refractivity contribution in [2.75, 3.05) is 11.8 Å².